The predicted octanol–water partition coefficient (Wildman–Crippen LogP) is 2.38. The van der Waals surface area contributed by atoms with E-state index in [1.165, 1.54) is 12.1 Å². The van der Waals surface area contributed by atoms with Gasteiger partial charge in [0.25, 0.3) is 11.6 Å². The molecule has 7 nitrogen and oxygen atoms in total. The topological polar surface area (TPSA) is 121 Å². The molecule has 0 saturated carbocycles. The number of amides is 1. The van der Waals surface area contributed by atoms with E-state index in [0.29, 0.717) is 11.4 Å². The fraction of sp³-hybridized carbons (Fsp3) is 0.0714. The smallest absolute Gasteiger partial charge is 0.270 e. The van der Waals surface area contributed by atoms with Gasteiger partial charge in [-0.05, 0) is 36.8 Å². The van der Waals surface area contributed by atoms with Crippen LogP contribution in [-0.4, -0.2) is 10.8 Å². The molecule has 4 N–H and O–H groups in total. The molecule has 7 heteroatoms. The van der Waals surface area contributed by atoms with E-state index in [1.807, 2.05) is 0 Å². The first-order valence-corrected chi connectivity index (χ1v) is 6.00. The molecule has 2 aromatic carbocycles. The van der Waals surface area contributed by atoms with E-state index in [4.69, 9.17) is 16.2 Å². The van der Waals surface area contributed by atoms with Gasteiger partial charge in [0.15, 0.2) is 0 Å². The van der Waals surface area contributed by atoms with E-state index in [-0.39, 0.29) is 17.0 Å². The zero-order chi connectivity index (χ0) is 15.6. The number of aryl methyl sites for hydroxylation is 1. The van der Waals surface area contributed by atoms with Gasteiger partial charge in [-0.1, -0.05) is 0 Å². The Morgan fingerprint density at radius 2 is 1.86 bits per heavy atom. The number of ether oxygens (including phenoxy) is 1. The monoisotopic (exact) mass is 287 g/mol. The zero-order valence-corrected chi connectivity index (χ0v) is 11.2. The van der Waals surface area contributed by atoms with E-state index in [0.717, 1.165) is 11.6 Å². The zero-order valence-electron chi connectivity index (χ0n) is 11.2. The number of primary amides is 1. The number of nitrogens with zero attached hydrogens (tertiary/aromatic N) is 1. The molecule has 2 aromatic rings. The van der Waals surface area contributed by atoms with Crippen molar-refractivity contribution < 1.29 is 14.5 Å². The van der Waals surface area contributed by atoms with E-state index in [2.05, 4.69) is 0 Å². The summed E-state index contributed by atoms with van der Waals surface area (Å²) in [6.45, 7) is 1.79. The van der Waals surface area contributed by atoms with E-state index in [1.54, 1.807) is 25.1 Å². The summed E-state index contributed by atoms with van der Waals surface area (Å²) in [6.07, 6.45) is 0. The highest BCUT2D eigenvalue weighted by molar-refractivity contribution is 5.96. The molecule has 0 aromatic heterocycles. The van der Waals surface area contributed by atoms with Crippen molar-refractivity contribution in [1.82, 2.24) is 0 Å². The normalized spacial score (nSPS) is 10.1. The second-order valence-electron chi connectivity index (χ2n) is 4.43. The molecule has 0 spiro atoms. The standard InChI is InChI=1S/C14H13N3O4/c1-8-6-9(15)2-4-12(8)21-13-5-3-10(17(19)20)7-11(13)14(16)18/h2-7H,15H2,1H3,(H2,16,18). The number of non-ortho nitro benzene ring substituents is 1. The van der Waals surface area contributed by atoms with Crippen molar-refractivity contribution in [3.8, 4) is 11.5 Å². The summed E-state index contributed by atoms with van der Waals surface area (Å²) in [6, 6.07) is 8.69. The van der Waals surface area contributed by atoms with Gasteiger partial charge in [-0.25, -0.2) is 0 Å². The minimum absolute atomic E-state index is 0.0552. The molecule has 1 amide bonds. The minimum atomic E-state index is -0.804. The lowest BCUT2D eigenvalue weighted by atomic mass is 10.1. The first-order chi connectivity index (χ1) is 9.88. The summed E-state index contributed by atoms with van der Waals surface area (Å²) in [5, 5.41) is 10.7. The molecule has 0 aliphatic heterocycles. The van der Waals surface area contributed by atoms with Gasteiger partial charge in [0.2, 0.25) is 0 Å². The maximum atomic E-state index is 11.4. The van der Waals surface area contributed by atoms with Crippen molar-refractivity contribution in [2.45, 2.75) is 6.92 Å². The quantitative estimate of drug-likeness (QED) is 0.508. The van der Waals surface area contributed by atoms with Crippen molar-refractivity contribution in [2.75, 3.05) is 5.73 Å². The molecular formula is C14H13N3O4. The Bertz CT molecular complexity index is 728. The lowest BCUT2D eigenvalue weighted by molar-refractivity contribution is -0.384. The van der Waals surface area contributed by atoms with Gasteiger partial charge in [-0.2, -0.15) is 0 Å². The number of hydrogen-bond acceptors (Lipinski definition) is 5. The lowest BCUT2D eigenvalue weighted by Gasteiger charge is -2.11. The molecular weight excluding hydrogens is 274 g/mol. The highest BCUT2D eigenvalue weighted by Crippen LogP contribution is 2.31. The number of nitrogen functional groups attached to an aromatic ring is 1. The molecule has 0 heterocycles. The average molecular weight is 287 g/mol. The minimum Gasteiger partial charge on any atom is -0.456 e. The third kappa shape index (κ3) is 3.08. The van der Waals surface area contributed by atoms with Gasteiger partial charge in [0.05, 0.1) is 10.5 Å². The van der Waals surface area contributed by atoms with Crippen LogP contribution < -0.4 is 16.2 Å². The maximum Gasteiger partial charge on any atom is 0.270 e. The molecule has 0 bridgehead atoms. The fourth-order valence-electron chi connectivity index (χ4n) is 1.82. The first-order valence-electron chi connectivity index (χ1n) is 6.00. The van der Waals surface area contributed by atoms with Crippen LogP contribution in [0.25, 0.3) is 0 Å². The second kappa shape index (κ2) is 5.49. The van der Waals surface area contributed by atoms with Crippen LogP contribution in [-0.2, 0) is 0 Å². The molecule has 108 valence electrons. The molecule has 0 saturated heterocycles. The van der Waals surface area contributed by atoms with Crippen molar-refractivity contribution in [2.24, 2.45) is 5.73 Å². The Kier molecular flexibility index (Phi) is 3.75. The number of hydrogen-bond donors (Lipinski definition) is 2. The Morgan fingerprint density at radius 3 is 2.43 bits per heavy atom. The van der Waals surface area contributed by atoms with Crippen LogP contribution in [0.5, 0.6) is 11.5 Å². The maximum absolute atomic E-state index is 11.4. The Labute approximate surface area is 120 Å². The first kappa shape index (κ1) is 14.3. The summed E-state index contributed by atoms with van der Waals surface area (Å²) in [7, 11) is 0. The Balaban J connectivity index is 2.44. The summed E-state index contributed by atoms with van der Waals surface area (Å²) >= 11 is 0. The molecule has 0 aliphatic carbocycles. The Morgan fingerprint density at radius 1 is 1.19 bits per heavy atom. The largest absolute Gasteiger partial charge is 0.456 e. The molecule has 21 heavy (non-hydrogen) atoms. The van der Waals surface area contributed by atoms with Gasteiger partial charge in [0, 0.05) is 17.8 Å². The number of carbonyl (C=O) groups is 1. The van der Waals surface area contributed by atoms with Gasteiger partial charge in [-0.3, -0.25) is 14.9 Å². The third-order valence-corrected chi connectivity index (χ3v) is 2.86. The van der Waals surface area contributed by atoms with Crippen LogP contribution in [0.1, 0.15) is 15.9 Å². The molecule has 0 atom stereocenters. The van der Waals surface area contributed by atoms with Crippen molar-refractivity contribution in [3.63, 3.8) is 0 Å². The molecule has 2 rings (SSSR count). The number of anilines is 1. The number of benzene rings is 2. The van der Waals surface area contributed by atoms with Gasteiger partial charge in [-0.15, -0.1) is 0 Å². The van der Waals surface area contributed by atoms with E-state index < -0.39 is 10.8 Å². The van der Waals surface area contributed by atoms with Crippen LogP contribution in [0.4, 0.5) is 11.4 Å². The number of nitro groups is 1. The van der Waals surface area contributed by atoms with Crippen LogP contribution >= 0.6 is 0 Å². The van der Waals surface area contributed by atoms with E-state index >= 15 is 0 Å². The van der Waals surface area contributed by atoms with Gasteiger partial charge in [0.1, 0.15) is 11.5 Å². The second-order valence-corrected chi connectivity index (χ2v) is 4.43. The van der Waals surface area contributed by atoms with Crippen molar-refractivity contribution in [3.05, 3.63) is 57.6 Å². The summed E-state index contributed by atoms with van der Waals surface area (Å²) in [4.78, 5) is 21.6. The lowest BCUT2D eigenvalue weighted by Crippen LogP contribution is -2.12. The summed E-state index contributed by atoms with van der Waals surface area (Å²) in [5.41, 5.74) is 11.9. The van der Waals surface area contributed by atoms with Crippen LogP contribution in [0, 0.1) is 17.0 Å². The molecule has 0 unspecified atom stereocenters. The number of nitrogens with two attached hydrogens (primary N) is 2. The van der Waals surface area contributed by atoms with Crippen LogP contribution in [0.2, 0.25) is 0 Å². The van der Waals surface area contributed by atoms with Crippen molar-refractivity contribution >= 4 is 17.3 Å². The average Bonchev–Trinajstić information content (AvgIpc) is 2.41. The Hall–Kier alpha value is -3.09. The third-order valence-electron chi connectivity index (χ3n) is 2.86. The van der Waals surface area contributed by atoms with E-state index in [9.17, 15) is 14.9 Å². The number of rotatable bonds is 4. The fourth-order valence-corrected chi connectivity index (χ4v) is 1.82. The van der Waals surface area contributed by atoms with Crippen LogP contribution in [0.3, 0.4) is 0 Å². The van der Waals surface area contributed by atoms with Crippen LogP contribution in [0.15, 0.2) is 36.4 Å². The van der Waals surface area contributed by atoms with Gasteiger partial charge < -0.3 is 16.2 Å². The molecule has 0 radical (unpaired) electrons. The predicted molar refractivity (Wildman–Crippen MR) is 77.3 cm³/mol. The number of nitro benzene ring substituents is 1. The molecule has 0 aliphatic rings. The highest BCUT2D eigenvalue weighted by atomic mass is 16.6. The van der Waals surface area contributed by atoms with Crippen molar-refractivity contribution in [1.29, 1.82) is 0 Å². The summed E-state index contributed by atoms with van der Waals surface area (Å²) < 4.78 is 5.61. The number of carbonyl (C=O) groups excluding carboxylic acids is 1. The van der Waals surface area contributed by atoms with Gasteiger partial charge >= 0.3 is 0 Å². The summed E-state index contributed by atoms with van der Waals surface area (Å²) in [5.74, 6) is -0.164. The molecule has 0 fully saturated rings. The highest BCUT2D eigenvalue weighted by Gasteiger charge is 2.16. The SMILES string of the molecule is Cc1cc(N)ccc1Oc1ccc([N+](=O)[O-])cc1C(N)=O.